The first-order valence-electron chi connectivity index (χ1n) is 4.23. The SMILES string of the molecule is CCOCCNCc1ccsc1. The van der Waals surface area contributed by atoms with Gasteiger partial charge in [0.2, 0.25) is 0 Å². The van der Waals surface area contributed by atoms with E-state index in [1.165, 1.54) is 5.56 Å². The highest BCUT2D eigenvalue weighted by Gasteiger charge is 1.91. The molecule has 1 aromatic heterocycles. The quantitative estimate of drug-likeness (QED) is 0.683. The molecule has 12 heavy (non-hydrogen) atoms. The van der Waals surface area contributed by atoms with Crippen molar-refractivity contribution in [1.29, 1.82) is 0 Å². The van der Waals surface area contributed by atoms with Crippen LogP contribution in [-0.2, 0) is 11.3 Å². The van der Waals surface area contributed by atoms with Crippen molar-refractivity contribution in [2.75, 3.05) is 19.8 Å². The summed E-state index contributed by atoms with van der Waals surface area (Å²) in [6.45, 7) is 5.51. The predicted octanol–water partition coefficient (Wildman–Crippen LogP) is 1.87. The fourth-order valence-electron chi connectivity index (χ4n) is 0.915. The Bertz CT molecular complexity index is 186. The normalized spacial score (nSPS) is 10.4. The van der Waals surface area contributed by atoms with E-state index in [1.807, 2.05) is 6.92 Å². The Morgan fingerprint density at radius 2 is 2.50 bits per heavy atom. The summed E-state index contributed by atoms with van der Waals surface area (Å²) in [6, 6.07) is 2.14. The minimum absolute atomic E-state index is 0.806. The largest absolute Gasteiger partial charge is 0.380 e. The lowest BCUT2D eigenvalue weighted by Gasteiger charge is -2.02. The van der Waals surface area contributed by atoms with Gasteiger partial charge in [0.15, 0.2) is 0 Å². The molecule has 0 atom stereocenters. The first kappa shape index (κ1) is 9.71. The van der Waals surface area contributed by atoms with Gasteiger partial charge in [0.1, 0.15) is 0 Å². The van der Waals surface area contributed by atoms with E-state index in [1.54, 1.807) is 11.3 Å². The molecule has 0 aromatic carbocycles. The molecule has 3 heteroatoms. The lowest BCUT2D eigenvalue weighted by atomic mass is 10.3. The Labute approximate surface area is 77.6 Å². The molecule has 0 saturated heterocycles. The second kappa shape index (κ2) is 6.17. The molecule has 68 valence electrons. The van der Waals surface area contributed by atoms with E-state index in [9.17, 15) is 0 Å². The van der Waals surface area contributed by atoms with Crippen LogP contribution < -0.4 is 5.32 Å². The number of nitrogens with one attached hydrogen (secondary N) is 1. The second-order valence-corrected chi connectivity index (χ2v) is 3.29. The molecule has 0 aliphatic carbocycles. The Hall–Kier alpha value is -0.380. The molecule has 0 amide bonds. The van der Waals surface area contributed by atoms with E-state index in [2.05, 4.69) is 22.1 Å². The maximum Gasteiger partial charge on any atom is 0.0590 e. The van der Waals surface area contributed by atoms with Crippen molar-refractivity contribution >= 4 is 11.3 Å². The highest BCUT2D eigenvalue weighted by Crippen LogP contribution is 2.04. The summed E-state index contributed by atoms with van der Waals surface area (Å²) in [5.41, 5.74) is 1.36. The van der Waals surface area contributed by atoms with E-state index in [-0.39, 0.29) is 0 Å². The van der Waals surface area contributed by atoms with E-state index in [0.29, 0.717) is 0 Å². The standard InChI is InChI=1S/C9H15NOS/c1-2-11-5-4-10-7-9-3-6-12-8-9/h3,6,8,10H,2,4-5,7H2,1H3. The molecule has 0 fully saturated rings. The van der Waals surface area contributed by atoms with Gasteiger partial charge in [0, 0.05) is 19.7 Å². The monoisotopic (exact) mass is 185 g/mol. The Balaban J connectivity index is 1.96. The van der Waals surface area contributed by atoms with Crippen LogP contribution in [0.2, 0.25) is 0 Å². The Morgan fingerprint density at radius 1 is 1.58 bits per heavy atom. The minimum Gasteiger partial charge on any atom is -0.380 e. The molecule has 0 aliphatic rings. The van der Waals surface area contributed by atoms with Gasteiger partial charge in [-0.1, -0.05) is 0 Å². The summed E-state index contributed by atoms with van der Waals surface area (Å²) in [6.07, 6.45) is 0. The van der Waals surface area contributed by atoms with Gasteiger partial charge >= 0.3 is 0 Å². The zero-order valence-corrected chi connectivity index (χ0v) is 8.19. The summed E-state index contributed by atoms with van der Waals surface area (Å²) < 4.78 is 5.19. The van der Waals surface area contributed by atoms with Crippen molar-refractivity contribution < 1.29 is 4.74 Å². The zero-order valence-electron chi connectivity index (χ0n) is 7.38. The van der Waals surface area contributed by atoms with Crippen molar-refractivity contribution in [3.05, 3.63) is 22.4 Å². The van der Waals surface area contributed by atoms with Crippen LogP contribution in [0.15, 0.2) is 16.8 Å². The maximum absolute atomic E-state index is 5.19. The van der Waals surface area contributed by atoms with Crippen LogP contribution in [0.5, 0.6) is 0 Å². The number of hydrogen-bond acceptors (Lipinski definition) is 3. The molecule has 0 aliphatic heterocycles. The number of hydrogen-bond donors (Lipinski definition) is 1. The smallest absolute Gasteiger partial charge is 0.0590 e. The van der Waals surface area contributed by atoms with Crippen LogP contribution in [-0.4, -0.2) is 19.8 Å². The third kappa shape index (κ3) is 3.85. The van der Waals surface area contributed by atoms with Gasteiger partial charge in [-0.3, -0.25) is 0 Å². The van der Waals surface area contributed by atoms with Crippen molar-refractivity contribution in [1.82, 2.24) is 5.32 Å². The van der Waals surface area contributed by atoms with Crippen molar-refractivity contribution in [2.45, 2.75) is 13.5 Å². The molecule has 0 saturated carbocycles. The first-order chi connectivity index (χ1) is 5.93. The Kier molecular flexibility index (Phi) is 4.99. The van der Waals surface area contributed by atoms with E-state index >= 15 is 0 Å². The fourth-order valence-corrected chi connectivity index (χ4v) is 1.58. The summed E-state index contributed by atoms with van der Waals surface area (Å²) in [4.78, 5) is 0. The number of rotatable bonds is 6. The van der Waals surface area contributed by atoms with Crippen molar-refractivity contribution in [2.24, 2.45) is 0 Å². The highest BCUT2D eigenvalue weighted by molar-refractivity contribution is 7.07. The Morgan fingerprint density at radius 3 is 3.17 bits per heavy atom. The molecule has 1 rings (SSSR count). The summed E-state index contributed by atoms with van der Waals surface area (Å²) in [5.74, 6) is 0. The van der Waals surface area contributed by atoms with Crippen LogP contribution in [0.1, 0.15) is 12.5 Å². The molecule has 0 radical (unpaired) electrons. The van der Waals surface area contributed by atoms with Gasteiger partial charge < -0.3 is 10.1 Å². The molecular weight excluding hydrogens is 170 g/mol. The van der Waals surface area contributed by atoms with E-state index < -0.39 is 0 Å². The lowest BCUT2D eigenvalue weighted by Crippen LogP contribution is -2.18. The van der Waals surface area contributed by atoms with Gasteiger partial charge in [-0.25, -0.2) is 0 Å². The van der Waals surface area contributed by atoms with Gasteiger partial charge in [-0.2, -0.15) is 11.3 Å². The zero-order chi connectivity index (χ0) is 8.65. The third-order valence-corrected chi connectivity index (χ3v) is 2.27. The van der Waals surface area contributed by atoms with Crippen molar-refractivity contribution in [3.63, 3.8) is 0 Å². The molecule has 0 spiro atoms. The molecular formula is C9H15NOS. The maximum atomic E-state index is 5.19. The van der Waals surface area contributed by atoms with Gasteiger partial charge in [0.05, 0.1) is 6.61 Å². The average molecular weight is 185 g/mol. The van der Waals surface area contributed by atoms with Crippen LogP contribution in [0.4, 0.5) is 0 Å². The summed E-state index contributed by atoms with van der Waals surface area (Å²) >= 11 is 1.74. The lowest BCUT2D eigenvalue weighted by molar-refractivity contribution is 0.149. The van der Waals surface area contributed by atoms with E-state index in [4.69, 9.17) is 4.74 Å². The van der Waals surface area contributed by atoms with Crippen LogP contribution >= 0.6 is 11.3 Å². The average Bonchev–Trinajstić information content (AvgIpc) is 2.57. The number of ether oxygens (including phenoxy) is 1. The van der Waals surface area contributed by atoms with Crippen LogP contribution in [0.3, 0.4) is 0 Å². The number of thiophene rings is 1. The molecule has 0 unspecified atom stereocenters. The molecule has 1 aromatic rings. The highest BCUT2D eigenvalue weighted by atomic mass is 32.1. The van der Waals surface area contributed by atoms with Gasteiger partial charge in [0.25, 0.3) is 0 Å². The van der Waals surface area contributed by atoms with Gasteiger partial charge in [-0.05, 0) is 29.3 Å². The third-order valence-electron chi connectivity index (χ3n) is 1.54. The first-order valence-corrected chi connectivity index (χ1v) is 5.17. The van der Waals surface area contributed by atoms with E-state index in [0.717, 1.165) is 26.3 Å². The molecule has 1 heterocycles. The predicted molar refractivity (Wildman–Crippen MR) is 52.5 cm³/mol. The topological polar surface area (TPSA) is 21.3 Å². The van der Waals surface area contributed by atoms with Crippen molar-refractivity contribution in [3.8, 4) is 0 Å². The molecule has 0 bridgehead atoms. The molecule has 2 nitrogen and oxygen atoms in total. The fraction of sp³-hybridized carbons (Fsp3) is 0.556. The summed E-state index contributed by atoms with van der Waals surface area (Å²) in [7, 11) is 0. The van der Waals surface area contributed by atoms with Crippen LogP contribution in [0.25, 0.3) is 0 Å². The second-order valence-electron chi connectivity index (χ2n) is 2.51. The summed E-state index contributed by atoms with van der Waals surface area (Å²) in [5, 5.41) is 7.56. The van der Waals surface area contributed by atoms with Crippen LogP contribution in [0, 0.1) is 0 Å². The minimum atomic E-state index is 0.806. The van der Waals surface area contributed by atoms with Gasteiger partial charge in [-0.15, -0.1) is 0 Å². The molecule has 1 N–H and O–H groups in total.